The van der Waals surface area contributed by atoms with Crippen molar-refractivity contribution in [2.45, 2.75) is 57.1 Å². The molecule has 2 heterocycles. The van der Waals surface area contributed by atoms with Gasteiger partial charge in [0, 0.05) is 17.9 Å². The van der Waals surface area contributed by atoms with Gasteiger partial charge in [-0.2, -0.15) is 0 Å². The molecule has 1 aliphatic carbocycles. The summed E-state index contributed by atoms with van der Waals surface area (Å²) in [6, 6.07) is 5.42. The monoisotopic (exact) mass is 401 g/mol. The molecule has 1 saturated heterocycles. The molecule has 2 aliphatic heterocycles. The predicted molar refractivity (Wildman–Crippen MR) is 105 cm³/mol. The van der Waals surface area contributed by atoms with Crippen molar-refractivity contribution in [3.05, 3.63) is 23.8 Å². The number of fused-ring (bicyclic) bond motifs is 1. The number of carbonyl (C=O) groups is 3. The molecular formula is C21H27N3O5. The summed E-state index contributed by atoms with van der Waals surface area (Å²) in [6.07, 6.45) is 2.92. The summed E-state index contributed by atoms with van der Waals surface area (Å²) in [5.74, 6) is 1.01. The van der Waals surface area contributed by atoms with Crippen molar-refractivity contribution >= 4 is 17.8 Å². The molecule has 8 heteroatoms. The van der Waals surface area contributed by atoms with Crippen LogP contribution in [0.3, 0.4) is 0 Å². The SMILES string of the molecule is CC1(C)Cc2cccc(OCCNC(=O)C3CCC4(CC3)NC(=O)NC4=O)c2O1. The number of carbonyl (C=O) groups excluding carboxylic acids is 3. The van der Waals surface area contributed by atoms with Gasteiger partial charge in [0.2, 0.25) is 5.91 Å². The molecule has 1 saturated carbocycles. The summed E-state index contributed by atoms with van der Waals surface area (Å²) >= 11 is 0. The van der Waals surface area contributed by atoms with E-state index in [-0.39, 0.29) is 23.3 Å². The second-order valence-electron chi connectivity index (χ2n) is 8.69. The van der Waals surface area contributed by atoms with Gasteiger partial charge in [0.15, 0.2) is 11.5 Å². The minimum absolute atomic E-state index is 0.0381. The summed E-state index contributed by atoms with van der Waals surface area (Å²) in [5.41, 5.74) is 0.0679. The topological polar surface area (TPSA) is 106 Å². The summed E-state index contributed by atoms with van der Waals surface area (Å²) in [4.78, 5) is 35.8. The number of hydrogen-bond donors (Lipinski definition) is 3. The number of para-hydroxylation sites is 1. The fourth-order valence-electron chi connectivity index (χ4n) is 4.43. The lowest BCUT2D eigenvalue weighted by atomic mass is 9.76. The molecule has 156 valence electrons. The highest BCUT2D eigenvalue weighted by atomic mass is 16.5. The highest BCUT2D eigenvalue weighted by molar-refractivity contribution is 6.07. The van der Waals surface area contributed by atoms with Crippen LogP contribution in [-0.2, 0) is 16.0 Å². The van der Waals surface area contributed by atoms with Crippen LogP contribution >= 0.6 is 0 Å². The fourth-order valence-corrected chi connectivity index (χ4v) is 4.43. The molecule has 29 heavy (non-hydrogen) atoms. The molecule has 8 nitrogen and oxygen atoms in total. The number of amides is 4. The van der Waals surface area contributed by atoms with Crippen LogP contribution in [0.25, 0.3) is 0 Å². The molecule has 0 bridgehead atoms. The number of benzene rings is 1. The Morgan fingerprint density at radius 3 is 2.72 bits per heavy atom. The maximum Gasteiger partial charge on any atom is 0.322 e. The van der Waals surface area contributed by atoms with E-state index < -0.39 is 11.6 Å². The van der Waals surface area contributed by atoms with Gasteiger partial charge in [-0.25, -0.2) is 4.79 Å². The summed E-state index contributed by atoms with van der Waals surface area (Å²) in [7, 11) is 0. The van der Waals surface area contributed by atoms with Crippen LogP contribution in [0.15, 0.2) is 18.2 Å². The molecule has 0 radical (unpaired) electrons. The van der Waals surface area contributed by atoms with Crippen molar-refractivity contribution in [3.8, 4) is 11.5 Å². The third-order valence-electron chi connectivity index (χ3n) is 5.94. The number of urea groups is 1. The first-order chi connectivity index (χ1) is 13.8. The molecule has 4 amide bonds. The lowest BCUT2D eigenvalue weighted by molar-refractivity contribution is -0.130. The van der Waals surface area contributed by atoms with E-state index in [9.17, 15) is 14.4 Å². The Kier molecular flexibility index (Phi) is 4.88. The minimum Gasteiger partial charge on any atom is -0.488 e. The van der Waals surface area contributed by atoms with Crippen LogP contribution in [0.2, 0.25) is 0 Å². The molecule has 1 spiro atoms. The third-order valence-corrected chi connectivity index (χ3v) is 5.94. The Balaban J connectivity index is 1.23. The van der Waals surface area contributed by atoms with Crippen LogP contribution in [0, 0.1) is 5.92 Å². The van der Waals surface area contributed by atoms with Crippen molar-refractivity contribution in [2.24, 2.45) is 5.92 Å². The lowest BCUT2D eigenvalue weighted by Crippen LogP contribution is -2.51. The van der Waals surface area contributed by atoms with Gasteiger partial charge in [0.25, 0.3) is 5.91 Å². The Morgan fingerprint density at radius 1 is 1.28 bits per heavy atom. The van der Waals surface area contributed by atoms with Crippen LogP contribution in [0.4, 0.5) is 4.79 Å². The average molecular weight is 401 g/mol. The van der Waals surface area contributed by atoms with E-state index in [2.05, 4.69) is 16.0 Å². The molecule has 1 aromatic carbocycles. The van der Waals surface area contributed by atoms with Crippen LogP contribution in [0.5, 0.6) is 11.5 Å². The summed E-state index contributed by atoms with van der Waals surface area (Å²) < 4.78 is 11.8. The first kappa shape index (κ1) is 19.5. The first-order valence-corrected chi connectivity index (χ1v) is 10.1. The molecule has 0 unspecified atom stereocenters. The zero-order chi connectivity index (χ0) is 20.6. The molecule has 3 aliphatic rings. The normalized spacial score (nSPS) is 27.0. The van der Waals surface area contributed by atoms with Gasteiger partial charge in [-0.15, -0.1) is 0 Å². The molecule has 4 rings (SSSR count). The lowest BCUT2D eigenvalue weighted by Gasteiger charge is -2.33. The third kappa shape index (κ3) is 3.88. The highest BCUT2D eigenvalue weighted by Crippen LogP contribution is 2.41. The summed E-state index contributed by atoms with van der Waals surface area (Å²) in [5, 5.41) is 7.91. The van der Waals surface area contributed by atoms with E-state index in [4.69, 9.17) is 9.47 Å². The number of imide groups is 1. The Bertz CT molecular complexity index is 843. The molecule has 0 atom stereocenters. The highest BCUT2D eigenvalue weighted by Gasteiger charge is 2.48. The Morgan fingerprint density at radius 2 is 2.03 bits per heavy atom. The van der Waals surface area contributed by atoms with Gasteiger partial charge in [-0.05, 0) is 45.6 Å². The second-order valence-corrected chi connectivity index (χ2v) is 8.69. The largest absolute Gasteiger partial charge is 0.488 e. The van der Waals surface area contributed by atoms with Gasteiger partial charge in [-0.3, -0.25) is 14.9 Å². The molecule has 3 N–H and O–H groups in total. The van der Waals surface area contributed by atoms with Crippen LogP contribution in [0.1, 0.15) is 45.1 Å². The van der Waals surface area contributed by atoms with Gasteiger partial charge >= 0.3 is 6.03 Å². The van der Waals surface area contributed by atoms with E-state index in [1.54, 1.807) is 0 Å². The van der Waals surface area contributed by atoms with E-state index >= 15 is 0 Å². The van der Waals surface area contributed by atoms with E-state index in [1.165, 1.54) is 0 Å². The first-order valence-electron chi connectivity index (χ1n) is 10.1. The number of nitrogens with one attached hydrogen (secondary N) is 3. The van der Waals surface area contributed by atoms with Crippen LogP contribution < -0.4 is 25.4 Å². The second kappa shape index (κ2) is 7.24. The zero-order valence-electron chi connectivity index (χ0n) is 16.8. The Labute approximate surface area is 169 Å². The minimum atomic E-state index is -0.835. The Hall–Kier alpha value is -2.77. The van der Waals surface area contributed by atoms with E-state index in [0.717, 1.165) is 17.7 Å². The van der Waals surface area contributed by atoms with Crippen LogP contribution in [-0.4, -0.2) is 42.1 Å². The quantitative estimate of drug-likeness (QED) is 0.514. The fraction of sp³-hybridized carbons (Fsp3) is 0.571. The maximum absolute atomic E-state index is 12.5. The molecule has 0 aromatic heterocycles. The standard InChI is InChI=1S/C21H27N3O5/c1-20(2)12-14-4-3-5-15(16(14)29-20)28-11-10-22-17(25)13-6-8-21(9-7-13)18(26)23-19(27)24-21/h3-5,13H,6-12H2,1-2H3,(H,22,25)(H2,23,24,26,27). The number of hydrogen-bond acceptors (Lipinski definition) is 5. The van der Waals surface area contributed by atoms with Crippen molar-refractivity contribution in [3.63, 3.8) is 0 Å². The van der Waals surface area contributed by atoms with Crippen molar-refractivity contribution < 1.29 is 23.9 Å². The van der Waals surface area contributed by atoms with Gasteiger partial charge in [-0.1, -0.05) is 12.1 Å². The van der Waals surface area contributed by atoms with Crippen molar-refractivity contribution in [1.29, 1.82) is 0 Å². The zero-order valence-corrected chi connectivity index (χ0v) is 16.8. The number of ether oxygens (including phenoxy) is 2. The molecule has 2 fully saturated rings. The predicted octanol–water partition coefficient (Wildman–Crippen LogP) is 1.66. The molecular weight excluding hydrogens is 374 g/mol. The number of rotatable bonds is 5. The van der Waals surface area contributed by atoms with E-state index in [0.29, 0.717) is 44.6 Å². The maximum atomic E-state index is 12.5. The van der Waals surface area contributed by atoms with Gasteiger partial charge in [0.05, 0.1) is 6.54 Å². The summed E-state index contributed by atoms with van der Waals surface area (Å²) in [6.45, 7) is 4.84. The average Bonchev–Trinajstić information content (AvgIpc) is 3.13. The van der Waals surface area contributed by atoms with Crippen molar-refractivity contribution in [1.82, 2.24) is 16.0 Å². The van der Waals surface area contributed by atoms with E-state index in [1.807, 2.05) is 32.0 Å². The molecule has 1 aromatic rings. The van der Waals surface area contributed by atoms with Gasteiger partial charge in [0.1, 0.15) is 17.7 Å². The van der Waals surface area contributed by atoms with Gasteiger partial charge < -0.3 is 20.1 Å². The smallest absolute Gasteiger partial charge is 0.322 e. The van der Waals surface area contributed by atoms with Crippen molar-refractivity contribution in [2.75, 3.05) is 13.2 Å².